The third-order valence-corrected chi connectivity index (χ3v) is 8.62. The Labute approximate surface area is 210 Å². The first-order valence-corrected chi connectivity index (χ1v) is 12.5. The molecule has 0 amide bonds. The molecule has 0 aromatic heterocycles. The van der Waals surface area contributed by atoms with E-state index in [1.807, 2.05) is 13.8 Å². The van der Waals surface area contributed by atoms with E-state index in [1.54, 1.807) is 13.0 Å². The lowest BCUT2D eigenvalue weighted by Crippen LogP contribution is -2.69. The van der Waals surface area contributed by atoms with Gasteiger partial charge in [0, 0.05) is 26.7 Å². The fraction of sp³-hybridized carbons (Fsp3) is 0.769. The number of hydrogen-bond donors (Lipinski definition) is 1. The molecule has 36 heavy (non-hydrogen) atoms. The van der Waals surface area contributed by atoms with Gasteiger partial charge in [-0.3, -0.25) is 19.2 Å². The molecule has 0 unspecified atom stereocenters. The number of hydrogen-bond acceptors (Lipinski definition) is 10. The number of epoxide rings is 1. The topological polar surface area (TPSA) is 138 Å². The molecule has 4 aliphatic rings. The predicted molar refractivity (Wildman–Crippen MR) is 123 cm³/mol. The molecule has 0 bridgehead atoms. The number of esters is 4. The van der Waals surface area contributed by atoms with Crippen LogP contribution in [-0.2, 0) is 42.9 Å². The van der Waals surface area contributed by atoms with Gasteiger partial charge in [0.05, 0.1) is 23.5 Å². The molecule has 200 valence electrons. The van der Waals surface area contributed by atoms with Crippen molar-refractivity contribution in [3.63, 3.8) is 0 Å². The van der Waals surface area contributed by atoms with Crippen LogP contribution in [0, 0.1) is 17.3 Å². The third-order valence-electron chi connectivity index (χ3n) is 8.62. The molecule has 0 radical (unpaired) electrons. The highest BCUT2D eigenvalue weighted by molar-refractivity contribution is 5.77. The van der Waals surface area contributed by atoms with Gasteiger partial charge in [-0.25, -0.2) is 0 Å². The van der Waals surface area contributed by atoms with Crippen LogP contribution in [0.15, 0.2) is 11.6 Å². The van der Waals surface area contributed by atoms with Crippen LogP contribution in [0.2, 0.25) is 0 Å². The van der Waals surface area contributed by atoms with E-state index >= 15 is 0 Å². The second-order valence-electron chi connectivity index (χ2n) is 11.0. The molecule has 2 aliphatic heterocycles. The summed E-state index contributed by atoms with van der Waals surface area (Å²) in [5.74, 6) is -4.10. The van der Waals surface area contributed by atoms with Crippen LogP contribution in [0.3, 0.4) is 0 Å². The fourth-order valence-electron chi connectivity index (χ4n) is 6.76. The Balaban J connectivity index is 2.00. The summed E-state index contributed by atoms with van der Waals surface area (Å²) in [7, 11) is 0. The summed E-state index contributed by atoms with van der Waals surface area (Å²) >= 11 is 0. The monoisotopic (exact) mass is 508 g/mol. The molecule has 2 heterocycles. The first kappa shape index (κ1) is 26.6. The van der Waals surface area contributed by atoms with Crippen molar-refractivity contribution < 1.29 is 48.0 Å². The van der Waals surface area contributed by atoms with Gasteiger partial charge in [-0.1, -0.05) is 12.5 Å². The Morgan fingerprint density at radius 1 is 1.03 bits per heavy atom. The van der Waals surface area contributed by atoms with E-state index in [0.717, 1.165) is 5.57 Å². The zero-order valence-corrected chi connectivity index (χ0v) is 21.7. The van der Waals surface area contributed by atoms with E-state index in [9.17, 15) is 24.3 Å². The van der Waals surface area contributed by atoms with E-state index < -0.39 is 76.7 Å². The zero-order chi connectivity index (χ0) is 26.6. The molecule has 3 fully saturated rings. The van der Waals surface area contributed by atoms with Gasteiger partial charge in [0.1, 0.15) is 18.3 Å². The highest BCUT2D eigenvalue weighted by Crippen LogP contribution is 2.62. The van der Waals surface area contributed by atoms with Gasteiger partial charge in [-0.2, -0.15) is 0 Å². The predicted octanol–water partition coefficient (Wildman–Crippen LogP) is 2.00. The average molecular weight is 509 g/mol. The first-order valence-electron chi connectivity index (χ1n) is 12.5. The van der Waals surface area contributed by atoms with Gasteiger partial charge >= 0.3 is 23.9 Å². The lowest BCUT2D eigenvalue weighted by molar-refractivity contribution is -0.242. The molecule has 1 saturated carbocycles. The summed E-state index contributed by atoms with van der Waals surface area (Å²) in [5, 5.41) is 12.3. The Kier molecular flexibility index (Phi) is 6.75. The van der Waals surface area contributed by atoms with E-state index in [2.05, 4.69) is 0 Å². The highest BCUT2D eigenvalue weighted by atomic mass is 16.6. The Morgan fingerprint density at radius 3 is 2.11 bits per heavy atom. The van der Waals surface area contributed by atoms with Crippen LogP contribution in [0.5, 0.6) is 0 Å². The number of carbonyl (C=O) groups excluding carboxylic acids is 4. The number of allylic oxidation sites excluding steroid dienone is 1. The highest BCUT2D eigenvalue weighted by Gasteiger charge is 2.74. The van der Waals surface area contributed by atoms with Crippen LogP contribution in [0.25, 0.3) is 0 Å². The molecule has 2 aliphatic carbocycles. The number of aliphatic hydroxyl groups is 1. The SMILES string of the molecule is CC(=O)O[C@H]1CCC(C)=C[C@@H]2OC(=O)[C@H](C)[C@@]2(O)[C@@H](OC(C)=O)[C@H]2[C@]3(CC[C@H](OC(C)=O)[C@]12C)CO3. The molecule has 9 atom stereocenters. The summed E-state index contributed by atoms with van der Waals surface area (Å²) in [6, 6.07) is 0. The van der Waals surface area contributed by atoms with Crippen LogP contribution >= 0.6 is 0 Å². The minimum Gasteiger partial charge on any atom is -0.462 e. The van der Waals surface area contributed by atoms with Gasteiger partial charge < -0.3 is 28.8 Å². The maximum absolute atomic E-state index is 12.8. The van der Waals surface area contributed by atoms with Crippen LogP contribution in [0.4, 0.5) is 0 Å². The lowest BCUT2D eigenvalue weighted by atomic mass is 9.52. The van der Waals surface area contributed by atoms with Crippen molar-refractivity contribution in [2.24, 2.45) is 17.3 Å². The first-order chi connectivity index (χ1) is 16.8. The maximum Gasteiger partial charge on any atom is 0.312 e. The molecule has 10 heteroatoms. The minimum absolute atomic E-state index is 0.323. The zero-order valence-electron chi connectivity index (χ0n) is 21.7. The van der Waals surface area contributed by atoms with Gasteiger partial charge in [0.25, 0.3) is 0 Å². The molecule has 4 rings (SSSR count). The van der Waals surface area contributed by atoms with Crippen molar-refractivity contribution in [1.82, 2.24) is 0 Å². The third kappa shape index (κ3) is 4.22. The Bertz CT molecular complexity index is 983. The Morgan fingerprint density at radius 2 is 1.58 bits per heavy atom. The quantitative estimate of drug-likeness (QED) is 0.261. The van der Waals surface area contributed by atoms with Gasteiger partial charge in [0.2, 0.25) is 0 Å². The van der Waals surface area contributed by atoms with Gasteiger partial charge in [0.15, 0.2) is 11.7 Å². The van der Waals surface area contributed by atoms with Crippen LogP contribution in [0.1, 0.15) is 67.2 Å². The van der Waals surface area contributed by atoms with Gasteiger partial charge in [-0.15, -0.1) is 0 Å². The standard InChI is InChI=1S/C26H36O10/c1-13-7-8-18(33-15(3)27)24(6)19(34-16(4)28)9-10-25(12-32-25)21(24)22(35-17(5)29)26(31)14(2)23(30)36-20(26)11-13/h11,14,18-22,31H,7-10,12H2,1-6H3/t14-,18-,19-,20-,21+,22-,24-,25-,26-/m0/s1. The van der Waals surface area contributed by atoms with E-state index in [1.165, 1.54) is 20.8 Å². The van der Waals surface area contributed by atoms with E-state index in [4.69, 9.17) is 23.7 Å². The van der Waals surface area contributed by atoms with Crippen LogP contribution < -0.4 is 0 Å². The molecule has 10 nitrogen and oxygen atoms in total. The fourth-order valence-corrected chi connectivity index (χ4v) is 6.76. The molecule has 1 N–H and O–H groups in total. The molecule has 1 spiro atoms. The van der Waals surface area contributed by atoms with Crippen molar-refractivity contribution in [2.75, 3.05) is 6.61 Å². The van der Waals surface area contributed by atoms with Crippen molar-refractivity contribution >= 4 is 23.9 Å². The molecular weight excluding hydrogens is 472 g/mol. The number of fused-ring (bicyclic) bond motifs is 3. The molecule has 0 aromatic rings. The second kappa shape index (κ2) is 9.13. The van der Waals surface area contributed by atoms with Crippen molar-refractivity contribution in [1.29, 1.82) is 0 Å². The van der Waals surface area contributed by atoms with Crippen molar-refractivity contribution in [2.45, 2.75) is 103 Å². The summed E-state index contributed by atoms with van der Waals surface area (Å²) in [6.07, 6.45) is -0.416. The minimum atomic E-state index is -1.94. The smallest absolute Gasteiger partial charge is 0.312 e. The number of carbonyl (C=O) groups is 4. The number of rotatable bonds is 3. The van der Waals surface area contributed by atoms with Crippen LogP contribution in [-0.4, -0.2) is 71.2 Å². The summed E-state index contributed by atoms with van der Waals surface area (Å²) in [5.41, 5.74) is -3.09. The van der Waals surface area contributed by atoms with Crippen molar-refractivity contribution in [3.05, 3.63) is 11.6 Å². The number of ether oxygens (including phenoxy) is 5. The van der Waals surface area contributed by atoms with E-state index in [0.29, 0.717) is 32.3 Å². The Hall–Kier alpha value is -2.46. The molecule has 2 saturated heterocycles. The van der Waals surface area contributed by atoms with Crippen molar-refractivity contribution in [3.8, 4) is 0 Å². The summed E-state index contributed by atoms with van der Waals surface area (Å²) in [4.78, 5) is 49.8. The second-order valence-corrected chi connectivity index (χ2v) is 11.0. The lowest BCUT2D eigenvalue weighted by Gasteiger charge is -2.56. The molecular formula is C26H36O10. The van der Waals surface area contributed by atoms with E-state index in [-0.39, 0.29) is 0 Å². The maximum atomic E-state index is 12.8. The molecule has 0 aromatic carbocycles. The largest absolute Gasteiger partial charge is 0.462 e. The summed E-state index contributed by atoms with van der Waals surface area (Å²) in [6.45, 7) is 9.38. The van der Waals surface area contributed by atoms with Gasteiger partial charge in [-0.05, 0) is 45.6 Å². The average Bonchev–Trinajstić information content (AvgIpc) is 3.50. The summed E-state index contributed by atoms with van der Waals surface area (Å²) < 4.78 is 29.2. The normalized spacial score (nSPS) is 43.9.